The van der Waals surface area contributed by atoms with Gasteiger partial charge in [0.1, 0.15) is 0 Å². The highest BCUT2D eigenvalue weighted by molar-refractivity contribution is 5.29. The molecule has 0 spiro atoms. The van der Waals surface area contributed by atoms with Crippen LogP contribution in [0, 0.1) is 11.7 Å². The van der Waals surface area contributed by atoms with E-state index in [4.69, 9.17) is 4.74 Å². The average molecular weight is 306 g/mol. The number of piperidine rings is 1. The molecule has 2 aliphatic rings. The molecule has 0 atom stereocenters. The van der Waals surface area contributed by atoms with Crippen LogP contribution in [0.4, 0.5) is 4.39 Å². The van der Waals surface area contributed by atoms with Crippen molar-refractivity contribution < 1.29 is 9.13 Å². The third-order valence-electron chi connectivity index (χ3n) is 4.68. The molecule has 0 radical (unpaired) electrons. The van der Waals surface area contributed by atoms with Crippen LogP contribution >= 0.6 is 0 Å². The van der Waals surface area contributed by atoms with Gasteiger partial charge in [-0.3, -0.25) is 4.90 Å². The Labute approximate surface area is 132 Å². The number of ether oxygens (including phenoxy) is 1. The monoisotopic (exact) mass is 306 g/mol. The Bertz CT molecular complexity index is 482. The van der Waals surface area contributed by atoms with E-state index in [1.807, 2.05) is 13.0 Å². The zero-order chi connectivity index (χ0) is 15.4. The Morgan fingerprint density at radius 3 is 2.64 bits per heavy atom. The highest BCUT2D eigenvalue weighted by atomic mass is 19.1. The van der Waals surface area contributed by atoms with Gasteiger partial charge in [-0.1, -0.05) is 6.07 Å². The molecule has 1 saturated carbocycles. The predicted molar refractivity (Wildman–Crippen MR) is 86.6 cm³/mol. The van der Waals surface area contributed by atoms with Gasteiger partial charge in [-0.25, -0.2) is 4.39 Å². The van der Waals surface area contributed by atoms with Crippen molar-refractivity contribution in [2.45, 2.75) is 45.2 Å². The van der Waals surface area contributed by atoms with E-state index >= 15 is 0 Å². The van der Waals surface area contributed by atoms with E-state index in [-0.39, 0.29) is 5.82 Å². The lowest BCUT2D eigenvalue weighted by Gasteiger charge is -2.32. The van der Waals surface area contributed by atoms with E-state index in [0.717, 1.165) is 31.1 Å². The van der Waals surface area contributed by atoms with E-state index in [1.165, 1.54) is 32.2 Å². The molecule has 3 nitrogen and oxygen atoms in total. The molecule has 2 fully saturated rings. The number of benzene rings is 1. The zero-order valence-electron chi connectivity index (χ0n) is 13.5. The summed E-state index contributed by atoms with van der Waals surface area (Å²) in [6.07, 6.45) is 5.22. The summed E-state index contributed by atoms with van der Waals surface area (Å²) >= 11 is 0. The lowest BCUT2D eigenvalue weighted by atomic mass is 10.0. The molecule has 0 amide bonds. The first-order valence-corrected chi connectivity index (χ1v) is 8.61. The lowest BCUT2D eigenvalue weighted by Crippen LogP contribution is -2.42. The quantitative estimate of drug-likeness (QED) is 0.837. The summed E-state index contributed by atoms with van der Waals surface area (Å²) in [5, 5.41) is 3.70. The van der Waals surface area contributed by atoms with Crippen LogP contribution in [0.15, 0.2) is 18.2 Å². The molecule has 4 heteroatoms. The number of halogens is 1. The fraction of sp³-hybridized carbons (Fsp3) is 0.667. The summed E-state index contributed by atoms with van der Waals surface area (Å²) in [5.74, 6) is 1.06. The van der Waals surface area contributed by atoms with Gasteiger partial charge >= 0.3 is 0 Å². The van der Waals surface area contributed by atoms with Crippen molar-refractivity contribution in [3.63, 3.8) is 0 Å². The van der Waals surface area contributed by atoms with Gasteiger partial charge in [0.15, 0.2) is 11.6 Å². The van der Waals surface area contributed by atoms with Crippen LogP contribution in [0.5, 0.6) is 5.75 Å². The van der Waals surface area contributed by atoms with Crippen LogP contribution in [0.2, 0.25) is 0 Å². The number of nitrogens with one attached hydrogen (secondary N) is 1. The minimum Gasteiger partial charge on any atom is -0.491 e. The summed E-state index contributed by atoms with van der Waals surface area (Å²) in [6.45, 7) is 6.59. The van der Waals surface area contributed by atoms with Crippen molar-refractivity contribution in [3.8, 4) is 5.75 Å². The van der Waals surface area contributed by atoms with Gasteiger partial charge in [0.05, 0.1) is 6.61 Å². The molecule has 122 valence electrons. The average Bonchev–Trinajstić information content (AvgIpc) is 3.34. The fourth-order valence-electron chi connectivity index (χ4n) is 3.12. The highest BCUT2D eigenvalue weighted by Gasteiger charge is 2.24. The molecule has 1 aromatic rings. The van der Waals surface area contributed by atoms with Crippen LogP contribution in [-0.4, -0.2) is 37.2 Å². The summed E-state index contributed by atoms with van der Waals surface area (Å²) in [7, 11) is 0. The van der Waals surface area contributed by atoms with Crippen molar-refractivity contribution in [1.29, 1.82) is 0 Å². The van der Waals surface area contributed by atoms with Gasteiger partial charge < -0.3 is 10.1 Å². The van der Waals surface area contributed by atoms with E-state index in [2.05, 4.69) is 10.2 Å². The van der Waals surface area contributed by atoms with Gasteiger partial charge in [0.2, 0.25) is 0 Å². The maximum absolute atomic E-state index is 13.9. The largest absolute Gasteiger partial charge is 0.491 e. The van der Waals surface area contributed by atoms with Gasteiger partial charge in [0.25, 0.3) is 0 Å². The number of nitrogens with zero attached hydrogens (tertiary/aromatic N) is 1. The molecule has 22 heavy (non-hydrogen) atoms. The predicted octanol–water partition coefficient (Wildman–Crippen LogP) is 3.19. The maximum atomic E-state index is 13.9. The van der Waals surface area contributed by atoms with Crippen molar-refractivity contribution in [3.05, 3.63) is 29.6 Å². The Morgan fingerprint density at radius 2 is 2.00 bits per heavy atom. The minimum absolute atomic E-state index is 0.250. The van der Waals surface area contributed by atoms with Gasteiger partial charge in [0, 0.05) is 12.6 Å². The van der Waals surface area contributed by atoms with Crippen LogP contribution in [0.3, 0.4) is 0 Å². The molecule has 0 unspecified atom stereocenters. The lowest BCUT2D eigenvalue weighted by molar-refractivity contribution is 0.190. The van der Waals surface area contributed by atoms with Crippen LogP contribution < -0.4 is 10.1 Å². The zero-order valence-corrected chi connectivity index (χ0v) is 13.5. The molecule has 1 aromatic carbocycles. The number of hydrogen-bond acceptors (Lipinski definition) is 3. The van der Waals surface area contributed by atoms with Crippen molar-refractivity contribution in [2.24, 2.45) is 5.92 Å². The van der Waals surface area contributed by atoms with Crippen LogP contribution in [0.25, 0.3) is 0 Å². The van der Waals surface area contributed by atoms with Gasteiger partial charge in [-0.05, 0) is 75.9 Å². The molecule has 0 bridgehead atoms. The molecule has 1 saturated heterocycles. The number of hydrogen-bond donors (Lipinski definition) is 1. The van der Waals surface area contributed by atoms with Crippen molar-refractivity contribution in [1.82, 2.24) is 10.2 Å². The topological polar surface area (TPSA) is 24.5 Å². The van der Waals surface area contributed by atoms with Gasteiger partial charge in [-0.15, -0.1) is 0 Å². The molecule has 0 aromatic heterocycles. The van der Waals surface area contributed by atoms with E-state index in [1.54, 1.807) is 12.1 Å². The third kappa shape index (κ3) is 4.43. The Morgan fingerprint density at radius 1 is 1.23 bits per heavy atom. The molecular formula is C18H27FN2O. The second-order valence-corrected chi connectivity index (χ2v) is 6.60. The molecular weight excluding hydrogens is 279 g/mol. The van der Waals surface area contributed by atoms with E-state index in [0.29, 0.717) is 18.4 Å². The van der Waals surface area contributed by atoms with Crippen LogP contribution in [0.1, 0.15) is 38.2 Å². The molecule has 3 rings (SSSR count). The van der Waals surface area contributed by atoms with E-state index < -0.39 is 0 Å². The molecule has 1 heterocycles. The molecule has 1 aliphatic heterocycles. The molecule has 1 aliphatic carbocycles. The SMILES string of the molecule is CCOc1ccc(CN2CCC(NCC3CC3)CC2)cc1F. The second kappa shape index (κ2) is 7.42. The van der Waals surface area contributed by atoms with Crippen molar-refractivity contribution in [2.75, 3.05) is 26.2 Å². The first-order valence-electron chi connectivity index (χ1n) is 8.61. The van der Waals surface area contributed by atoms with Gasteiger partial charge in [-0.2, -0.15) is 0 Å². The summed E-state index contributed by atoms with van der Waals surface area (Å²) in [5.41, 5.74) is 1.03. The smallest absolute Gasteiger partial charge is 0.165 e. The normalized spacial score (nSPS) is 20.3. The minimum atomic E-state index is -0.250. The maximum Gasteiger partial charge on any atom is 0.165 e. The Kier molecular flexibility index (Phi) is 5.32. The Balaban J connectivity index is 1.44. The van der Waals surface area contributed by atoms with Crippen molar-refractivity contribution >= 4 is 0 Å². The van der Waals surface area contributed by atoms with E-state index in [9.17, 15) is 4.39 Å². The summed E-state index contributed by atoms with van der Waals surface area (Å²) < 4.78 is 19.1. The standard InChI is InChI=1S/C18H27FN2O/c1-2-22-18-6-5-15(11-17(18)19)13-21-9-7-16(8-10-21)20-12-14-3-4-14/h5-6,11,14,16,20H,2-4,7-10,12-13H2,1H3. The molecule has 1 N–H and O–H groups in total. The highest BCUT2D eigenvalue weighted by Crippen LogP contribution is 2.28. The Hall–Kier alpha value is -1.13. The van der Waals surface area contributed by atoms with Crippen LogP contribution in [-0.2, 0) is 6.54 Å². The third-order valence-corrected chi connectivity index (χ3v) is 4.68. The number of rotatable bonds is 7. The summed E-state index contributed by atoms with van der Waals surface area (Å²) in [4.78, 5) is 2.42. The first kappa shape index (κ1) is 15.8. The number of likely N-dealkylation sites (tertiary alicyclic amines) is 1. The second-order valence-electron chi connectivity index (χ2n) is 6.60. The summed E-state index contributed by atoms with van der Waals surface area (Å²) in [6, 6.07) is 6.01. The fourth-order valence-corrected chi connectivity index (χ4v) is 3.12. The first-order chi connectivity index (χ1) is 10.7.